The summed E-state index contributed by atoms with van der Waals surface area (Å²) < 4.78 is 0. The van der Waals surface area contributed by atoms with Crippen LogP contribution in [0.3, 0.4) is 0 Å². The highest BCUT2D eigenvalue weighted by Crippen LogP contribution is 2.28. The second kappa shape index (κ2) is 11.5. The summed E-state index contributed by atoms with van der Waals surface area (Å²) in [5, 5.41) is 13.3. The van der Waals surface area contributed by atoms with Crippen LogP contribution in [-0.2, 0) is 11.2 Å². The first kappa shape index (κ1) is 21.9. The van der Waals surface area contributed by atoms with Crippen molar-refractivity contribution in [3.05, 3.63) is 35.9 Å². The van der Waals surface area contributed by atoms with Crippen LogP contribution in [0.5, 0.6) is 0 Å². The van der Waals surface area contributed by atoms with Crippen LogP contribution in [0.2, 0.25) is 0 Å². The second-order valence-corrected chi connectivity index (χ2v) is 7.21. The van der Waals surface area contributed by atoms with Crippen LogP contribution in [0.4, 0.5) is 0 Å². The lowest BCUT2D eigenvalue weighted by atomic mass is 9.82. The molecule has 5 heteroatoms. The Morgan fingerprint density at radius 1 is 1.24 bits per heavy atom. The zero-order valence-electron chi connectivity index (χ0n) is 15.2. The summed E-state index contributed by atoms with van der Waals surface area (Å²) in [5.74, 6) is 0.364. The summed E-state index contributed by atoms with van der Waals surface area (Å²) in [5.41, 5.74) is 7.36. The smallest absolute Gasteiger partial charge is 0.223 e. The van der Waals surface area contributed by atoms with Crippen molar-refractivity contribution in [3.8, 4) is 0 Å². The van der Waals surface area contributed by atoms with Gasteiger partial charge in [0.15, 0.2) is 0 Å². The van der Waals surface area contributed by atoms with Gasteiger partial charge in [0.1, 0.15) is 0 Å². The van der Waals surface area contributed by atoms with Gasteiger partial charge in [-0.15, -0.1) is 12.4 Å². The van der Waals surface area contributed by atoms with E-state index in [2.05, 4.69) is 5.32 Å². The summed E-state index contributed by atoms with van der Waals surface area (Å²) in [4.78, 5) is 12.2. The first-order chi connectivity index (χ1) is 11.6. The molecule has 0 heterocycles. The molecule has 0 saturated heterocycles. The largest absolute Gasteiger partial charge is 0.391 e. The molecular formula is C20H33ClN2O2. The van der Waals surface area contributed by atoms with Crippen molar-refractivity contribution in [2.24, 2.45) is 17.6 Å². The predicted octanol–water partition coefficient (Wildman–Crippen LogP) is 3.06. The summed E-state index contributed by atoms with van der Waals surface area (Å²) in [6.45, 7) is 0. The summed E-state index contributed by atoms with van der Waals surface area (Å²) in [7, 11) is 1.65. The van der Waals surface area contributed by atoms with Gasteiger partial charge in [0.2, 0.25) is 5.91 Å². The number of amides is 1. The van der Waals surface area contributed by atoms with E-state index < -0.39 is 6.10 Å². The minimum Gasteiger partial charge on any atom is -0.391 e. The van der Waals surface area contributed by atoms with Crippen LogP contribution in [0.25, 0.3) is 0 Å². The van der Waals surface area contributed by atoms with E-state index in [-0.39, 0.29) is 30.3 Å². The average Bonchev–Trinajstić information content (AvgIpc) is 2.62. The van der Waals surface area contributed by atoms with Gasteiger partial charge in [-0.3, -0.25) is 4.79 Å². The first-order valence-electron chi connectivity index (χ1n) is 9.29. The van der Waals surface area contributed by atoms with Gasteiger partial charge in [0.25, 0.3) is 0 Å². The van der Waals surface area contributed by atoms with Crippen molar-refractivity contribution in [1.29, 1.82) is 0 Å². The van der Waals surface area contributed by atoms with E-state index >= 15 is 0 Å². The third-order valence-corrected chi connectivity index (χ3v) is 5.29. The standard InChI is InChI=1S/C20H32N2O2.ClH/c1-22-20(24)17(12-15-8-4-2-5-9-15)14-19(23)18(21)13-16-10-6-3-7-11-16;/h2,4-5,8-9,16-19,23H,3,6-7,10-14,21H2,1H3,(H,22,24);1H/t17-,18+,19+;/m1./s1. The number of benzene rings is 1. The molecule has 0 bridgehead atoms. The third kappa shape index (κ3) is 7.35. The lowest BCUT2D eigenvalue weighted by Gasteiger charge is -2.28. The van der Waals surface area contributed by atoms with E-state index in [0.717, 1.165) is 12.0 Å². The van der Waals surface area contributed by atoms with E-state index in [1.165, 1.54) is 32.1 Å². The van der Waals surface area contributed by atoms with Crippen molar-refractivity contribution in [2.45, 2.75) is 63.5 Å². The predicted molar refractivity (Wildman–Crippen MR) is 105 cm³/mol. The van der Waals surface area contributed by atoms with E-state index in [1.54, 1.807) is 7.05 Å². The van der Waals surface area contributed by atoms with Crippen molar-refractivity contribution in [1.82, 2.24) is 5.32 Å². The lowest BCUT2D eigenvalue weighted by molar-refractivity contribution is -0.125. The number of carbonyl (C=O) groups is 1. The molecule has 1 saturated carbocycles. The maximum atomic E-state index is 12.2. The Balaban J connectivity index is 0.00000312. The Labute approximate surface area is 158 Å². The van der Waals surface area contributed by atoms with Gasteiger partial charge in [0.05, 0.1) is 6.10 Å². The molecule has 4 nitrogen and oxygen atoms in total. The maximum Gasteiger partial charge on any atom is 0.223 e. The molecule has 1 aromatic rings. The molecule has 2 rings (SSSR count). The van der Waals surface area contributed by atoms with Crippen LogP contribution in [0, 0.1) is 11.8 Å². The molecule has 25 heavy (non-hydrogen) atoms. The summed E-state index contributed by atoms with van der Waals surface area (Å²) in [6, 6.07) is 9.71. The molecule has 1 aromatic carbocycles. The molecule has 0 spiro atoms. The number of nitrogens with one attached hydrogen (secondary N) is 1. The van der Waals surface area contributed by atoms with Crippen molar-refractivity contribution < 1.29 is 9.90 Å². The van der Waals surface area contributed by atoms with E-state index in [0.29, 0.717) is 18.8 Å². The Kier molecular flexibility index (Phi) is 10.1. The molecule has 142 valence electrons. The second-order valence-electron chi connectivity index (χ2n) is 7.21. The van der Waals surface area contributed by atoms with Crippen LogP contribution in [-0.4, -0.2) is 30.2 Å². The Morgan fingerprint density at radius 2 is 1.88 bits per heavy atom. The van der Waals surface area contributed by atoms with Gasteiger partial charge >= 0.3 is 0 Å². The van der Waals surface area contributed by atoms with Gasteiger partial charge in [-0.25, -0.2) is 0 Å². The number of halogens is 1. The van der Waals surface area contributed by atoms with Gasteiger partial charge in [-0.1, -0.05) is 62.4 Å². The molecule has 4 N–H and O–H groups in total. The van der Waals surface area contributed by atoms with E-state index in [4.69, 9.17) is 5.73 Å². The number of aliphatic hydroxyl groups excluding tert-OH is 1. The van der Waals surface area contributed by atoms with Crippen LogP contribution >= 0.6 is 12.4 Å². The van der Waals surface area contributed by atoms with Crippen LogP contribution in [0.15, 0.2) is 30.3 Å². The fraction of sp³-hybridized carbons (Fsp3) is 0.650. The average molecular weight is 369 g/mol. The summed E-state index contributed by atoms with van der Waals surface area (Å²) >= 11 is 0. The van der Waals surface area contributed by atoms with E-state index in [1.807, 2.05) is 30.3 Å². The topological polar surface area (TPSA) is 75.3 Å². The molecule has 1 fully saturated rings. The highest BCUT2D eigenvalue weighted by Gasteiger charge is 2.27. The molecule has 0 aliphatic heterocycles. The fourth-order valence-corrected chi connectivity index (χ4v) is 3.82. The number of carbonyl (C=O) groups excluding carboxylic acids is 1. The zero-order valence-corrected chi connectivity index (χ0v) is 16.0. The van der Waals surface area contributed by atoms with Gasteiger partial charge in [-0.2, -0.15) is 0 Å². The molecule has 1 aliphatic rings. The Bertz CT molecular complexity index is 492. The molecule has 1 aliphatic carbocycles. The first-order valence-corrected chi connectivity index (χ1v) is 9.29. The number of rotatable bonds is 8. The highest BCUT2D eigenvalue weighted by atomic mass is 35.5. The van der Waals surface area contributed by atoms with Crippen molar-refractivity contribution in [2.75, 3.05) is 7.05 Å². The number of hydrogen-bond donors (Lipinski definition) is 3. The minimum atomic E-state index is -0.627. The molecule has 0 aromatic heterocycles. The van der Waals surface area contributed by atoms with Gasteiger partial charge in [-0.05, 0) is 30.7 Å². The van der Waals surface area contributed by atoms with Crippen molar-refractivity contribution in [3.63, 3.8) is 0 Å². The van der Waals surface area contributed by atoms with Gasteiger partial charge < -0.3 is 16.2 Å². The third-order valence-electron chi connectivity index (χ3n) is 5.29. The fourth-order valence-electron chi connectivity index (χ4n) is 3.82. The van der Waals surface area contributed by atoms with Crippen molar-refractivity contribution >= 4 is 18.3 Å². The normalized spacial score (nSPS) is 18.7. The molecule has 0 radical (unpaired) electrons. The molecule has 3 atom stereocenters. The molecule has 0 unspecified atom stereocenters. The Morgan fingerprint density at radius 3 is 2.48 bits per heavy atom. The summed E-state index contributed by atoms with van der Waals surface area (Å²) in [6.07, 6.45) is 7.63. The van der Waals surface area contributed by atoms with Crippen LogP contribution in [0.1, 0.15) is 50.5 Å². The van der Waals surface area contributed by atoms with Crippen LogP contribution < -0.4 is 11.1 Å². The number of hydrogen-bond acceptors (Lipinski definition) is 3. The molecular weight excluding hydrogens is 336 g/mol. The lowest BCUT2D eigenvalue weighted by Crippen LogP contribution is -2.41. The maximum absolute atomic E-state index is 12.2. The monoisotopic (exact) mass is 368 g/mol. The number of aliphatic hydroxyl groups is 1. The highest BCUT2D eigenvalue weighted by molar-refractivity contribution is 5.85. The molecule has 1 amide bonds. The Hall–Kier alpha value is -1.10. The SMILES string of the molecule is CNC(=O)[C@H](Cc1ccccc1)C[C@H](O)[C@@H](N)CC1CCCCC1.Cl. The number of nitrogens with two attached hydrogens (primary N) is 1. The van der Waals surface area contributed by atoms with E-state index in [9.17, 15) is 9.90 Å². The quantitative estimate of drug-likeness (QED) is 0.660. The minimum absolute atomic E-state index is 0. The van der Waals surface area contributed by atoms with Gasteiger partial charge in [0, 0.05) is 19.0 Å². The zero-order chi connectivity index (χ0) is 17.4.